The molecule has 0 radical (unpaired) electrons. The zero-order chi connectivity index (χ0) is 24.7. The largest absolute Gasteiger partial charge is 0.487 e. The van der Waals surface area contributed by atoms with E-state index in [1.165, 1.54) is 5.56 Å². The van der Waals surface area contributed by atoms with E-state index < -0.39 is 5.41 Å². The van der Waals surface area contributed by atoms with Crippen molar-refractivity contribution in [3.05, 3.63) is 82.4 Å². The van der Waals surface area contributed by atoms with Crippen molar-refractivity contribution in [3.8, 4) is 22.6 Å². The summed E-state index contributed by atoms with van der Waals surface area (Å²) >= 11 is 6.11. The second-order valence-electron chi connectivity index (χ2n) is 10.0. The van der Waals surface area contributed by atoms with E-state index >= 15 is 0 Å². The number of nitrogens with zero attached hydrogens (tertiary/aromatic N) is 1. The molecular formula is C30H30ClNO4. The van der Waals surface area contributed by atoms with Crippen molar-refractivity contribution in [1.29, 1.82) is 0 Å². The summed E-state index contributed by atoms with van der Waals surface area (Å²) in [5, 5.41) is 0.683. The number of halogens is 1. The first-order valence-corrected chi connectivity index (χ1v) is 13.1. The van der Waals surface area contributed by atoms with Crippen LogP contribution in [-0.2, 0) is 21.5 Å². The first-order chi connectivity index (χ1) is 17.5. The van der Waals surface area contributed by atoms with Crippen LogP contribution in [0.5, 0.6) is 11.5 Å². The third kappa shape index (κ3) is 4.35. The molecular weight excluding hydrogens is 474 g/mol. The Morgan fingerprint density at radius 1 is 1.08 bits per heavy atom. The van der Waals surface area contributed by atoms with Gasteiger partial charge in [-0.25, -0.2) is 0 Å². The lowest BCUT2D eigenvalue weighted by molar-refractivity contribution is -0.134. The molecule has 3 aromatic carbocycles. The van der Waals surface area contributed by atoms with Crippen LogP contribution in [0.2, 0.25) is 5.02 Å². The molecule has 1 aliphatic carbocycles. The van der Waals surface area contributed by atoms with Crippen molar-refractivity contribution in [2.45, 2.75) is 44.2 Å². The predicted octanol–water partition coefficient (Wildman–Crippen LogP) is 5.94. The highest BCUT2D eigenvalue weighted by Crippen LogP contribution is 2.50. The van der Waals surface area contributed by atoms with Gasteiger partial charge in [0, 0.05) is 23.6 Å². The van der Waals surface area contributed by atoms with Gasteiger partial charge in [-0.05, 0) is 66.3 Å². The highest BCUT2D eigenvalue weighted by atomic mass is 35.5. The lowest BCUT2D eigenvalue weighted by atomic mass is 9.93. The Morgan fingerprint density at radius 3 is 2.61 bits per heavy atom. The number of fused-ring (bicyclic) bond motifs is 1. The SMILES string of the molecule is Cc1ccccc1-c1cc2c(c(O[C@H]3CCOC3)c1)OCCN(C(=O)C1(c3ccc(Cl)cc3)CC1)C2. The van der Waals surface area contributed by atoms with Crippen LogP contribution >= 0.6 is 11.6 Å². The molecule has 36 heavy (non-hydrogen) atoms. The van der Waals surface area contributed by atoms with E-state index in [2.05, 4.69) is 37.3 Å². The summed E-state index contributed by atoms with van der Waals surface area (Å²) < 4.78 is 18.2. The number of hydrogen-bond donors (Lipinski definition) is 0. The predicted molar refractivity (Wildman–Crippen MR) is 140 cm³/mol. The number of carbonyl (C=O) groups is 1. The smallest absolute Gasteiger partial charge is 0.233 e. The summed E-state index contributed by atoms with van der Waals surface area (Å²) in [4.78, 5) is 15.8. The van der Waals surface area contributed by atoms with E-state index in [-0.39, 0.29) is 12.0 Å². The molecule has 2 fully saturated rings. The molecule has 3 aliphatic rings. The molecule has 186 valence electrons. The third-order valence-corrected chi connectivity index (χ3v) is 7.83. The first-order valence-electron chi connectivity index (χ1n) is 12.7. The van der Waals surface area contributed by atoms with Crippen LogP contribution in [0.15, 0.2) is 60.7 Å². The van der Waals surface area contributed by atoms with Gasteiger partial charge in [0.15, 0.2) is 11.5 Å². The van der Waals surface area contributed by atoms with Crippen molar-refractivity contribution >= 4 is 17.5 Å². The fourth-order valence-electron chi connectivity index (χ4n) is 5.40. The van der Waals surface area contributed by atoms with Crippen LogP contribution in [0, 0.1) is 6.92 Å². The van der Waals surface area contributed by atoms with Crippen LogP contribution in [0.25, 0.3) is 11.1 Å². The molecule has 1 saturated heterocycles. The van der Waals surface area contributed by atoms with Crippen molar-refractivity contribution in [2.24, 2.45) is 0 Å². The number of benzene rings is 3. The molecule has 3 aromatic rings. The Bertz CT molecular complexity index is 1280. The quantitative estimate of drug-likeness (QED) is 0.432. The average Bonchev–Trinajstić information content (AvgIpc) is 3.59. The minimum Gasteiger partial charge on any atom is -0.487 e. The van der Waals surface area contributed by atoms with Gasteiger partial charge in [-0.2, -0.15) is 0 Å². The minimum atomic E-state index is -0.455. The van der Waals surface area contributed by atoms with Gasteiger partial charge in [-0.15, -0.1) is 0 Å². The Morgan fingerprint density at radius 2 is 1.89 bits per heavy atom. The van der Waals surface area contributed by atoms with E-state index in [0.717, 1.165) is 53.0 Å². The van der Waals surface area contributed by atoms with Gasteiger partial charge in [-0.1, -0.05) is 48.0 Å². The van der Waals surface area contributed by atoms with Crippen LogP contribution in [0.1, 0.15) is 36.0 Å². The molecule has 6 heteroatoms. The highest BCUT2D eigenvalue weighted by molar-refractivity contribution is 6.30. The Hall–Kier alpha value is -3.02. The molecule has 0 spiro atoms. The summed E-state index contributed by atoms with van der Waals surface area (Å²) in [6.07, 6.45) is 2.58. The molecule has 2 aliphatic heterocycles. The first kappa shape index (κ1) is 23.4. The summed E-state index contributed by atoms with van der Waals surface area (Å²) in [5.74, 6) is 1.63. The molecule has 1 amide bonds. The van der Waals surface area contributed by atoms with E-state index in [9.17, 15) is 4.79 Å². The monoisotopic (exact) mass is 503 g/mol. The van der Waals surface area contributed by atoms with Crippen molar-refractivity contribution < 1.29 is 19.0 Å². The number of amides is 1. The third-order valence-electron chi connectivity index (χ3n) is 7.58. The maximum Gasteiger partial charge on any atom is 0.233 e. The number of rotatable bonds is 5. The van der Waals surface area contributed by atoms with Crippen LogP contribution < -0.4 is 9.47 Å². The van der Waals surface area contributed by atoms with Crippen LogP contribution in [0.3, 0.4) is 0 Å². The molecule has 0 aromatic heterocycles. The Balaban J connectivity index is 1.36. The number of carbonyl (C=O) groups excluding carboxylic acids is 1. The summed E-state index contributed by atoms with van der Waals surface area (Å²) in [6.45, 7) is 4.85. The Labute approximate surface area is 216 Å². The number of ether oxygens (including phenoxy) is 3. The van der Waals surface area contributed by atoms with Crippen molar-refractivity contribution in [1.82, 2.24) is 4.90 Å². The zero-order valence-electron chi connectivity index (χ0n) is 20.5. The fraction of sp³-hybridized carbons (Fsp3) is 0.367. The Kier molecular flexibility index (Phi) is 6.14. The van der Waals surface area contributed by atoms with Gasteiger partial charge < -0.3 is 19.1 Å². The number of hydrogen-bond acceptors (Lipinski definition) is 4. The molecule has 1 atom stereocenters. The normalized spacial score (nSPS) is 20.3. The van der Waals surface area contributed by atoms with Gasteiger partial charge in [0.25, 0.3) is 0 Å². The summed E-state index contributed by atoms with van der Waals surface area (Å²) in [7, 11) is 0. The van der Waals surface area contributed by atoms with E-state index in [1.54, 1.807) is 0 Å². The second-order valence-corrected chi connectivity index (χ2v) is 10.5. The maximum atomic E-state index is 13.9. The van der Waals surface area contributed by atoms with Gasteiger partial charge in [0.1, 0.15) is 12.7 Å². The van der Waals surface area contributed by atoms with Gasteiger partial charge >= 0.3 is 0 Å². The van der Waals surface area contributed by atoms with Crippen LogP contribution in [0.4, 0.5) is 0 Å². The van der Waals surface area contributed by atoms with Gasteiger partial charge in [-0.3, -0.25) is 4.79 Å². The summed E-state index contributed by atoms with van der Waals surface area (Å²) in [5.41, 5.74) is 4.97. The summed E-state index contributed by atoms with van der Waals surface area (Å²) in [6, 6.07) is 20.3. The lowest BCUT2D eigenvalue weighted by Crippen LogP contribution is -2.40. The van der Waals surface area contributed by atoms with E-state index in [1.807, 2.05) is 35.2 Å². The van der Waals surface area contributed by atoms with Crippen LogP contribution in [-0.4, -0.2) is 43.3 Å². The van der Waals surface area contributed by atoms with Crippen molar-refractivity contribution in [3.63, 3.8) is 0 Å². The molecule has 5 nitrogen and oxygen atoms in total. The lowest BCUT2D eigenvalue weighted by Gasteiger charge is -2.26. The highest BCUT2D eigenvalue weighted by Gasteiger charge is 2.53. The molecule has 6 rings (SSSR count). The minimum absolute atomic E-state index is 0.00504. The molecule has 1 saturated carbocycles. The van der Waals surface area contributed by atoms with E-state index in [0.29, 0.717) is 37.9 Å². The van der Waals surface area contributed by atoms with Gasteiger partial charge in [0.05, 0.1) is 25.2 Å². The molecule has 0 N–H and O–H groups in total. The maximum absolute atomic E-state index is 13.9. The molecule has 2 heterocycles. The van der Waals surface area contributed by atoms with Gasteiger partial charge in [0.2, 0.25) is 5.91 Å². The number of aryl methyl sites for hydroxylation is 1. The van der Waals surface area contributed by atoms with E-state index in [4.69, 9.17) is 25.8 Å². The molecule has 0 bridgehead atoms. The zero-order valence-corrected chi connectivity index (χ0v) is 21.2. The van der Waals surface area contributed by atoms with Crippen molar-refractivity contribution in [2.75, 3.05) is 26.4 Å². The fourth-order valence-corrected chi connectivity index (χ4v) is 5.53. The molecule has 0 unspecified atom stereocenters. The second kappa shape index (κ2) is 9.45. The average molecular weight is 504 g/mol. The standard InChI is InChI=1S/C30H30ClNO4/c1-20-4-2-3-5-26(20)21-16-22-18-32(29(33)30(11-12-30)23-6-8-24(31)9-7-23)13-15-35-28(22)27(17-21)36-25-10-14-34-19-25/h2-9,16-17,25H,10-15,18-19H2,1H3/t25-/m0/s1. The topological polar surface area (TPSA) is 48.0 Å².